The summed E-state index contributed by atoms with van der Waals surface area (Å²) >= 11 is 0. The van der Waals surface area contributed by atoms with E-state index < -0.39 is 0 Å². The molecule has 0 aliphatic heterocycles. The summed E-state index contributed by atoms with van der Waals surface area (Å²) in [7, 11) is 3.40. The molecular weight excluding hydrogens is 254 g/mol. The number of hydrogen-bond donors (Lipinski definition) is 0. The average Bonchev–Trinajstić information content (AvgIpc) is 2.84. The van der Waals surface area contributed by atoms with Gasteiger partial charge in [0.2, 0.25) is 5.91 Å². The van der Waals surface area contributed by atoms with Gasteiger partial charge in [-0.25, -0.2) is 0 Å². The quantitative estimate of drug-likeness (QED) is 0.841. The third-order valence-electron chi connectivity index (χ3n) is 3.10. The minimum absolute atomic E-state index is 0.0484. The smallest absolute Gasteiger partial charge is 0.227 e. The van der Waals surface area contributed by atoms with Crippen molar-refractivity contribution in [3.63, 3.8) is 0 Å². The molecule has 1 heterocycles. The first-order valence-electron chi connectivity index (χ1n) is 6.50. The number of benzene rings is 1. The van der Waals surface area contributed by atoms with Crippen molar-refractivity contribution in [1.82, 2.24) is 4.90 Å². The number of ether oxygens (including phenoxy) is 1. The average molecular weight is 273 g/mol. The summed E-state index contributed by atoms with van der Waals surface area (Å²) in [5.41, 5.74) is 0.942. The van der Waals surface area contributed by atoms with Crippen molar-refractivity contribution in [2.24, 2.45) is 0 Å². The summed E-state index contributed by atoms with van der Waals surface area (Å²) in [4.78, 5) is 13.8. The maximum atomic E-state index is 12.2. The highest BCUT2D eigenvalue weighted by atomic mass is 16.5. The number of carbonyl (C=O) groups is 1. The maximum Gasteiger partial charge on any atom is 0.227 e. The summed E-state index contributed by atoms with van der Waals surface area (Å²) < 4.78 is 10.6. The van der Waals surface area contributed by atoms with E-state index in [1.807, 2.05) is 43.3 Å². The van der Waals surface area contributed by atoms with Crippen LogP contribution < -0.4 is 4.74 Å². The molecule has 0 saturated heterocycles. The summed E-state index contributed by atoms with van der Waals surface area (Å²) in [5.74, 6) is 2.46. The van der Waals surface area contributed by atoms with Crippen molar-refractivity contribution < 1.29 is 13.9 Å². The van der Waals surface area contributed by atoms with Gasteiger partial charge in [-0.1, -0.05) is 12.1 Å². The Balaban J connectivity index is 1.96. The van der Waals surface area contributed by atoms with Crippen LogP contribution in [0.1, 0.15) is 17.1 Å². The number of furan rings is 1. The zero-order valence-electron chi connectivity index (χ0n) is 12.1. The zero-order chi connectivity index (χ0) is 14.5. The zero-order valence-corrected chi connectivity index (χ0v) is 12.1. The van der Waals surface area contributed by atoms with E-state index in [1.54, 1.807) is 19.1 Å². The minimum Gasteiger partial charge on any atom is -0.497 e. The van der Waals surface area contributed by atoms with Crippen LogP contribution in [-0.2, 0) is 17.8 Å². The van der Waals surface area contributed by atoms with Gasteiger partial charge in [-0.3, -0.25) is 4.79 Å². The maximum absolute atomic E-state index is 12.2. The molecule has 0 atom stereocenters. The summed E-state index contributed by atoms with van der Waals surface area (Å²) in [6.07, 6.45) is 0.355. The second-order valence-electron chi connectivity index (χ2n) is 4.79. The summed E-state index contributed by atoms with van der Waals surface area (Å²) in [5, 5.41) is 0. The van der Waals surface area contributed by atoms with Gasteiger partial charge < -0.3 is 14.1 Å². The van der Waals surface area contributed by atoms with Crippen molar-refractivity contribution in [2.75, 3.05) is 14.2 Å². The first-order valence-corrected chi connectivity index (χ1v) is 6.50. The molecule has 0 spiro atoms. The van der Waals surface area contributed by atoms with Crippen molar-refractivity contribution in [3.8, 4) is 5.75 Å². The van der Waals surface area contributed by atoms with Crippen LogP contribution >= 0.6 is 0 Å². The molecule has 20 heavy (non-hydrogen) atoms. The molecule has 0 bridgehead atoms. The number of likely N-dealkylation sites (N-methyl/N-ethyl adjacent to an activating group) is 1. The predicted molar refractivity (Wildman–Crippen MR) is 76.6 cm³/mol. The van der Waals surface area contributed by atoms with Gasteiger partial charge in [0.25, 0.3) is 0 Å². The molecule has 2 aromatic rings. The second-order valence-corrected chi connectivity index (χ2v) is 4.79. The molecule has 1 amide bonds. The number of hydrogen-bond acceptors (Lipinski definition) is 3. The third-order valence-corrected chi connectivity index (χ3v) is 3.10. The summed E-state index contributed by atoms with van der Waals surface area (Å²) in [6.45, 7) is 2.37. The van der Waals surface area contributed by atoms with E-state index in [0.29, 0.717) is 13.0 Å². The van der Waals surface area contributed by atoms with Crippen LogP contribution in [0.5, 0.6) is 5.75 Å². The Morgan fingerprint density at radius 1 is 1.30 bits per heavy atom. The van der Waals surface area contributed by atoms with Gasteiger partial charge in [0.15, 0.2) is 0 Å². The monoisotopic (exact) mass is 273 g/mol. The molecule has 4 nitrogen and oxygen atoms in total. The van der Waals surface area contributed by atoms with Crippen LogP contribution in [0.25, 0.3) is 0 Å². The highest BCUT2D eigenvalue weighted by Crippen LogP contribution is 2.14. The molecule has 0 aliphatic carbocycles. The Labute approximate surface area is 119 Å². The minimum atomic E-state index is 0.0484. The Morgan fingerprint density at radius 3 is 2.75 bits per heavy atom. The molecule has 0 saturated carbocycles. The molecule has 1 aromatic carbocycles. The Morgan fingerprint density at radius 2 is 2.10 bits per heavy atom. The Kier molecular flexibility index (Phi) is 4.45. The first kappa shape index (κ1) is 14.2. The van der Waals surface area contributed by atoms with Crippen LogP contribution in [-0.4, -0.2) is 25.0 Å². The number of nitrogens with zero attached hydrogens (tertiary/aromatic N) is 1. The molecule has 0 unspecified atom stereocenters. The number of carbonyl (C=O) groups excluding carboxylic acids is 1. The van der Waals surface area contributed by atoms with E-state index in [1.165, 1.54) is 0 Å². The van der Waals surface area contributed by atoms with E-state index in [-0.39, 0.29) is 5.91 Å². The van der Waals surface area contributed by atoms with E-state index in [2.05, 4.69) is 0 Å². The molecule has 0 fully saturated rings. The van der Waals surface area contributed by atoms with Gasteiger partial charge in [-0.2, -0.15) is 0 Å². The van der Waals surface area contributed by atoms with Crippen molar-refractivity contribution in [3.05, 3.63) is 53.5 Å². The molecular formula is C16H19NO3. The summed E-state index contributed by atoms with van der Waals surface area (Å²) in [6, 6.07) is 11.3. The van der Waals surface area contributed by atoms with E-state index in [9.17, 15) is 4.79 Å². The topological polar surface area (TPSA) is 42.7 Å². The molecule has 0 aliphatic rings. The lowest BCUT2D eigenvalue weighted by Crippen LogP contribution is -2.27. The Bertz CT molecular complexity index is 589. The molecule has 2 rings (SSSR count). The fourth-order valence-electron chi connectivity index (χ4n) is 1.98. The molecule has 1 aromatic heterocycles. The van der Waals surface area contributed by atoms with Gasteiger partial charge in [0.1, 0.15) is 17.3 Å². The molecule has 4 heteroatoms. The van der Waals surface area contributed by atoms with Crippen LogP contribution in [0, 0.1) is 6.92 Å². The van der Waals surface area contributed by atoms with E-state index in [4.69, 9.17) is 9.15 Å². The normalized spacial score (nSPS) is 10.3. The SMILES string of the molecule is COc1cccc(CC(=O)N(C)Cc2ccc(C)o2)c1. The lowest BCUT2D eigenvalue weighted by Gasteiger charge is -2.16. The van der Waals surface area contributed by atoms with Crippen LogP contribution in [0.2, 0.25) is 0 Å². The lowest BCUT2D eigenvalue weighted by atomic mass is 10.1. The van der Waals surface area contributed by atoms with Crippen LogP contribution in [0.3, 0.4) is 0 Å². The first-order chi connectivity index (χ1) is 9.58. The fraction of sp³-hybridized carbons (Fsp3) is 0.312. The number of amides is 1. The van der Waals surface area contributed by atoms with Gasteiger partial charge >= 0.3 is 0 Å². The lowest BCUT2D eigenvalue weighted by molar-refractivity contribution is -0.129. The van der Waals surface area contributed by atoms with Gasteiger partial charge in [-0.15, -0.1) is 0 Å². The number of methoxy groups -OCH3 is 1. The van der Waals surface area contributed by atoms with E-state index >= 15 is 0 Å². The van der Waals surface area contributed by atoms with Crippen molar-refractivity contribution in [1.29, 1.82) is 0 Å². The highest BCUT2D eigenvalue weighted by Gasteiger charge is 2.12. The predicted octanol–water partition coefficient (Wildman–Crippen LogP) is 2.80. The van der Waals surface area contributed by atoms with Crippen molar-refractivity contribution in [2.45, 2.75) is 19.9 Å². The van der Waals surface area contributed by atoms with Gasteiger partial charge in [0.05, 0.1) is 20.1 Å². The number of aryl methyl sites for hydroxylation is 1. The van der Waals surface area contributed by atoms with Crippen LogP contribution in [0.15, 0.2) is 40.8 Å². The molecule has 0 N–H and O–H groups in total. The second kappa shape index (κ2) is 6.28. The van der Waals surface area contributed by atoms with Crippen LogP contribution in [0.4, 0.5) is 0 Å². The van der Waals surface area contributed by atoms with E-state index in [0.717, 1.165) is 22.8 Å². The van der Waals surface area contributed by atoms with Crippen molar-refractivity contribution >= 4 is 5.91 Å². The fourth-order valence-corrected chi connectivity index (χ4v) is 1.98. The molecule has 106 valence electrons. The molecule has 0 radical (unpaired) electrons. The van der Waals surface area contributed by atoms with Gasteiger partial charge in [-0.05, 0) is 36.8 Å². The number of rotatable bonds is 5. The standard InChI is InChI=1S/C16H19NO3/c1-12-7-8-15(20-12)11-17(2)16(18)10-13-5-4-6-14(9-13)19-3/h4-9H,10-11H2,1-3H3. The Hall–Kier alpha value is -2.23. The van der Waals surface area contributed by atoms with Gasteiger partial charge in [0, 0.05) is 7.05 Å². The third kappa shape index (κ3) is 3.63. The largest absolute Gasteiger partial charge is 0.497 e. The highest BCUT2D eigenvalue weighted by molar-refractivity contribution is 5.78.